The first-order valence-corrected chi connectivity index (χ1v) is 12.6. The van der Waals surface area contributed by atoms with E-state index in [1.165, 1.54) is 0 Å². The van der Waals surface area contributed by atoms with Crippen molar-refractivity contribution in [1.29, 1.82) is 0 Å². The number of allylic oxidation sites excluding steroid dienone is 1. The highest BCUT2D eigenvalue weighted by Gasteiger charge is 2.27. The summed E-state index contributed by atoms with van der Waals surface area (Å²) in [5.41, 5.74) is 1.82. The number of anilines is 1. The molecule has 34 heavy (non-hydrogen) atoms. The molecule has 1 fully saturated rings. The molecule has 192 valence electrons. The molecule has 1 saturated heterocycles. The lowest BCUT2D eigenvalue weighted by molar-refractivity contribution is -0.119. The number of rotatable bonds is 10. The molecule has 5 heteroatoms. The van der Waals surface area contributed by atoms with Crippen molar-refractivity contribution in [2.75, 3.05) is 18.0 Å². The van der Waals surface area contributed by atoms with Gasteiger partial charge in [0, 0.05) is 54.6 Å². The van der Waals surface area contributed by atoms with Gasteiger partial charge in [-0.25, -0.2) is 0 Å². The summed E-state index contributed by atoms with van der Waals surface area (Å²) in [6.07, 6.45) is 6.72. The van der Waals surface area contributed by atoms with E-state index in [1.807, 2.05) is 52.5 Å². The summed E-state index contributed by atoms with van der Waals surface area (Å²) in [5, 5.41) is 0. The smallest absolute Gasteiger partial charge is 0.166 e. The molecule has 0 saturated carbocycles. The van der Waals surface area contributed by atoms with Gasteiger partial charge in [-0.1, -0.05) is 54.5 Å². The molecule has 1 aliphatic heterocycles. The number of hydrogen-bond donors (Lipinski definition) is 0. The van der Waals surface area contributed by atoms with E-state index in [9.17, 15) is 19.2 Å². The molecule has 1 aromatic carbocycles. The van der Waals surface area contributed by atoms with Crippen LogP contribution in [0.4, 0.5) is 5.69 Å². The van der Waals surface area contributed by atoms with Gasteiger partial charge in [0.1, 0.15) is 12.1 Å². The first-order chi connectivity index (χ1) is 16.2. The lowest BCUT2D eigenvalue weighted by atomic mass is 9.93. The predicted molar refractivity (Wildman–Crippen MR) is 144 cm³/mol. The lowest BCUT2D eigenvalue weighted by Crippen LogP contribution is -2.47. The summed E-state index contributed by atoms with van der Waals surface area (Å²) in [5.74, 6) is 1.07. The minimum absolute atomic E-state index is 0.00975. The molecule has 5 nitrogen and oxygen atoms in total. The highest BCUT2D eigenvalue weighted by molar-refractivity contribution is 6.04. The number of Topliss-reactive ketones (excluding diaryl/α,β-unsaturated/α-hetero) is 2. The summed E-state index contributed by atoms with van der Waals surface area (Å²) >= 11 is 0. The van der Waals surface area contributed by atoms with Crippen molar-refractivity contribution < 1.29 is 19.2 Å². The molecule has 1 aromatic rings. The van der Waals surface area contributed by atoms with E-state index in [0.29, 0.717) is 42.3 Å². The molecule has 0 radical (unpaired) electrons. The number of benzene rings is 1. The zero-order chi connectivity index (χ0) is 26.7. The quantitative estimate of drug-likeness (QED) is 0.208. The molecule has 0 bridgehead atoms. The molecular weight excluding hydrogens is 426 g/mol. The third-order valence-electron chi connectivity index (χ3n) is 5.35. The maximum atomic E-state index is 12.2. The van der Waals surface area contributed by atoms with Crippen LogP contribution in [-0.4, -0.2) is 37.2 Å². The number of hydrogen-bond acceptors (Lipinski definition) is 5. The second-order valence-corrected chi connectivity index (χ2v) is 8.60. The Hall–Kier alpha value is -2.56. The molecule has 0 aliphatic carbocycles. The highest BCUT2D eigenvalue weighted by atomic mass is 16.1. The Morgan fingerprint density at radius 3 is 2.09 bits per heavy atom. The van der Waals surface area contributed by atoms with Gasteiger partial charge in [-0.3, -0.25) is 14.4 Å². The van der Waals surface area contributed by atoms with Crippen molar-refractivity contribution in [2.45, 2.75) is 81.1 Å². The zero-order valence-electron chi connectivity index (χ0n) is 22.7. The Morgan fingerprint density at radius 2 is 1.68 bits per heavy atom. The largest absolute Gasteiger partial charge is 0.370 e. The molecule has 0 spiro atoms. The van der Waals surface area contributed by atoms with Crippen molar-refractivity contribution in [1.82, 2.24) is 0 Å². The Labute approximate surface area is 208 Å². The molecular formula is C29H47NO4. The monoisotopic (exact) mass is 473 g/mol. The summed E-state index contributed by atoms with van der Waals surface area (Å²) in [6, 6.07) is 5.31. The van der Waals surface area contributed by atoms with E-state index in [2.05, 4.69) is 20.4 Å². The van der Waals surface area contributed by atoms with Crippen LogP contribution in [0.25, 0.3) is 0 Å². The van der Waals surface area contributed by atoms with Crippen molar-refractivity contribution in [3.8, 4) is 0 Å². The first-order valence-electron chi connectivity index (χ1n) is 12.6. The van der Waals surface area contributed by atoms with Gasteiger partial charge < -0.3 is 9.69 Å². The fraction of sp³-hybridized carbons (Fsp3) is 0.586. The first kappa shape index (κ1) is 33.6. The van der Waals surface area contributed by atoms with Gasteiger partial charge in [-0.15, -0.1) is 6.58 Å². The van der Waals surface area contributed by atoms with E-state index in [1.54, 1.807) is 18.2 Å². The van der Waals surface area contributed by atoms with Gasteiger partial charge in [0.2, 0.25) is 0 Å². The molecule has 0 amide bonds. The lowest BCUT2D eigenvalue weighted by Gasteiger charge is -2.38. The summed E-state index contributed by atoms with van der Waals surface area (Å²) in [4.78, 5) is 46.8. The van der Waals surface area contributed by atoms with Crippen LogP contribution in [0.5, 0.6) is 0 Å². The fourth-order valence-electron chi connectivity index (χ4n) is 2.96. The van der Waals surface area contributed by atoms with Gasteiger partial charge in [0.15, 0.2) is 12.1 Å². The number of carbonyl (C=O) groups excluding carboxylic acids is 4. The van der Waals surface area contributed by atoms with Crippen molar-refractivity contribution in [3.05, 3.63) is 42.0 Å². The number of nitrogens with zero attached hydrogens (tertiary/aromatic N) is 1. The molecule has 2 rings (SSSR count). The Bertz CT molecular complexity index is 748. The molecule has 1 atom stereocenters. The number of carbonyl (C=O) groups is 4. The maximum Gasteiger partial charge on any atom is 0.166 e. The third-order valence-corrected chi connectivity index (χ3v) is 5.35. The highest BCUT2D eigenvalue weighted by Crippen LogP contribution is 2.26. The van der Waals surface area contributed by atoms with E-state index in [-0.39, 0.29) is 17.6 Å². The number of aldehydes is 2. The number of ketones is 2. The van der Waals surface area contributed by atoms with Crippen LogP contribution in [0.3, 0.4) is 0 Å². The van der Waals surface area contributed by atoms with Gasteiger partial charge in [0.05, 0.1) is 0 Å². The Morgan fingerprint density at radius 1 is 1.12 bits per heavy atom. The summed E-state index contributed by atoms with van der Waals surface area (Å²) < 4.78 is 0. The van der Waals surface area contributed by atoms with Crippen LogP contribution >= 0.6 is 0 Å². The second kappa shape index (κ2) is 19.9. The van der Waals surface area contributed by atoms with Crippen LogP contribution in [0.2, 0.25) is 0 Å². The van der Waals surface area contributed by atoms with E-state index < -0.39 is 0 Å². The minimum Gasteiger partial charge on any atom is -0.370 e. The normalized spacial score (nSPS) is 12.9. The van der Waals surface area contributed by atoms with Crippen LogP contribution in [-0.2, 0) is 9.59 Å². The molecule has 1 aliphatic rings. The molecule has 0 aromatic heterocycles. The average molecular weight is 474 g/mol. The maximum absolute atomic E-state index is 12.2. The van der Waals surface area contributed by atoms with Crippen molar-refractivity contribution in [2.24, 2.45) is 17.8 Å². The van der Waals surface area contributed by atoms with E-state index >= 15 is 0 Å². The predicted octanol–water partition coefficient (Wildman–Crippen LogP) is 6.98. The third kappa shape index (κ3) is 12.6. The van der Waals surface area contributed by atoms with Gasteiger partial charge >= 0.3 is 0 Å². The summed E-state index contributed by atoms with van der Waals surface area (Å²) in [7, 11) is 0. The standard InChI is InChI=1S/C16H19NO3.C8H16O.C3H6.C2H6/c1-3-11(2)16(20)15-5-4-14(6-13(15)10-19)17-7-12(8-17)9-18;1-4-8(9)6-5-7(2)3;1-3-2;1-2/h4-6,9-12H,3,7-8H2,1-2H3;7H,4-6H2,1-3H3;3H,1H2,2H3;1-2H3. The summed E-state index contributed by atoms with van der Waals surface area (Å²) in [6.45, 7) is 20.6. The fourth-order valence-corrected chi connectivity index (χ4v) is 2.96. The molecule has 1 unspecified atom stereocenters. The second-order valence-electron chi connectivity index (χ2n) is 8.60. The average Bonchev–Trinajstić information content (AvgIpc) is 2.82. The van der Waals surface area contributed by atoms with Crippen LogP contribution in [0.15, 0.2) is 30.9 Å². The van der Waals surface area contributed by atoms with Crippen LogP contribution in [0.1, 0.15) is 102 Å². The van der Waals surface area contributed by atoms with Crippen molar-refractivity contribution in [3.63, 3.8) is 0 Å². The zero-order valence-corrected chi connectivity index (χ0v) is 22.7. The van der Waals surface area contributed by atoms with Gasteiger partial charge in [-0.2, -0.15) is 0 Å². The van der Waals surface area contributed by atoms with Gasteiger partial charge in [-0.05, 0) is 43.9 Å². The Kier molecular flexibility index (Phi) is 19.6. The van der Waals surface area contributed by atoms with Gasteiger partial charge in [0.25, 0.3) is 0 Å². The topological polar surface area (TPSA) is 71.5 Å². The Balaban J connectivity index is 0. The van der Waals surface area contributed by atoms with Crippen molar-refractivity contribution >= 4 is 29.8 Å². The molecule has 1 heterocycles. The SMILES string of the molecule is C=CC.CC.CCC(=O)CCC(C)C.CCC(C)C(=O)c1ccc(N2CC(C=O)C2)cc1C=O. The van der Waals surface area contributed by atoms with E-state index in [0.717, 1.165) is 37.5 Å². The van der Waals surface area contributed by atoms with E-state index in [4.69, 9.17) is 0 Å². The molecule has 0 N–H and O–H groups in total. The van der Waals surface area contributed by atoms with Crippen LogP contribution < -0.4 is 4.90 Å². The minimum atomic E-state index is -0.0806. The van der Waals surface area contributed by atoms with Crippen LogP contribution in [0, 0.1) is 17.8 Å².